The lowest BCUT2D eigenvalue weighted by molar-refractivity contribution is -0.121. The number of rotatable bonds is 3. The highest BCUT2D eigenvalue weighted by molar-refractivity contribution is 6.35. The first-order chi connectivity index (χ1) is 13.4. The highest BCUT2D eigenvalue weighted by Gasteiger charge is 2.30. The van der Waals surface area contributed by atoms with Gasteiger partial charge < -0.3 is 9.88 Å². The average Bonchev–Trinajstić information content (AvgIpc) is 3.07. The van der Waals surface area contributed by atoms with Crippen LogP contribution in [0.2, 0.25) is 10.0 Å². The summed E-state index contributed by atoms with van der Waals surface area (Å²) in [5.41, 5.74) is 4.08. The van der Waals surface area contributed by atoms with E-state index in [0.717, 1.165) is 32.6 Å². The van der Waals surface area contributed by atoms with E-state index in [1.165, 1.54) is 7.05 Å². The van der Waals surface area contributed by atoms with Gasteiger partial charge >= 0.3 is 6.03 Å². The van der Waals surface area contributed by atoms with Gasteiger partial charge in [-0.05, 0) is 36.8 Å². The van der Waals surface area contributed by atoms with Crippen molar-refractivity contribution in [2.45, 2.75) is 13.5 Å². The molecule has 0 unspecified atom stereocenters. The number of carbonyl (C=O) groups excluding carboxylic acids is 2. The number of hydrogen-bond acceptors (Lipinski definition) is 2. The zero-order valence-electron chi connectivity index (χ0n) is 15.3. The number of benzene rings is 2. The number of nitrogens with one attached hydrogen (secondary N) is 1. The molecular formula is C21H17Cl2N3O2. The van der Waals surface area contributed by atoms with E-state index in [1.54, 1.807) is 12.1 Å². The number of aromatic nitrogens is 1. The van der Waals surface area contributed by atoms with Gasteiger partial charge in [0.1, 0.15) is 5.70 Å². The number of fused-ring (bicyclic) bond motifs is 1. The largest absolute Gasteiger partial charge is 0.340 e. The second kappa shape index (κ2) is 7.00. The minimum absolute atomic E-state index is 0.267. The number of urea groups is 1. The summed E-state index contributed by atoms with van der Waals surface area (Å²) in [5, 5.41) is 4.81. The molecular weight excluding hydrogens is 397 g/mol. The summed E-state index contributed by atoms with van der Waals surface area (Å²) in [6, 6.07) is 13.0. The summed E-state index contributed by atoms with van der Waals surface area (Å²) >= 11 is 12.4. The molecule has 28 heavy (non-hydrogen) atoms. The molecule has 0 radical (unpaired) electrons. The second-order valence-corrected chi connectivity index (χ2v) is 7.53. The molecule has 0 spiro atoms. The normalized spacial score (nSPS) is 15.7. The van der Waals surface area contributed by atoms with Crippen molar-refractivity contribution in [1.29, 1.82) is 0 Å². The minimum Gasteiger partial charge on any atom is -0.340 e. The Morgan fingerprint density at radius 2 is 1.86 bits per heavy atom. The third-order valence-corrected chi connectivity index (χ3v) is 5.58. The quantitative estimate of drug-likeness (QED) is 0.493. The van der Waals surface area contributed by atoms with Crippen LogP contribution in [0.1, 0.15) is 16.8 Å². The number of nitrogens with zero attached hydrogens (tertiary/aromatic N) is 2. The SMILES string of the molecule is Cc1c(/C=C2/NC(=O)N(C)C2=O)c2ccccc2n1Cc1ccc(Cl)cc1Cl. The van der Waals surface area contributed by atoms with Crippen molar-refractivity contribution < 1.29 is 9.59 Å². The number of hydrogen-bond donors (Lipinski definition) is 1. The molecule has 2 aromatic carbocycles. The Labute approximate surface area is 172 Å². The van der Waals surface area contributed by atoms with Crippen molar-refractivity contribution in [1.82, 2.24) is 14.8 Å². The number of halogens is 2. The molecule has 3 aromatic rings. The zero-order chi connectivity index (χ0) is 20.0. The average molecular weight is 414 g/mol. The summed E-state index contributed by atoms with van der Waals surface area (Å²) in [6.45, 7) is 2.55. The van der Waals surface area contributed by atoms with Crippen LogP contribution in [0.5, 0.6) is 0 Å². The third kappa shape index (κ3) is 3.07. The van der Waals surface area contributed by atoms with Gasteiger partial charge in [0.2, 0.25) is 0 Å². The van der Waals surface area contributed by atoms with E-state index in [-0.39, 0.29) is 11.6 Å². The Morgan fingerprint density at radius 3 is 2.54 bits per heavy atom. The molecule has 0 atom stereocenters. The first-order valence-corrected chi connectivity index (χ1v) is 9.45. The van der Waals surface area contributed by atoms with Crippen molar-refractivity contribution in [3.63, 3.8) is 0 Å². The van der Waals surface area contributed by atoms with Crippen LogP contribution in [0.15, 0.2) is 48.2 Å². The summed E-state index contributed by atoms with van der Waals surface area (Å²) < 4.78 is 2.14. The second-order valence-electron chi connectivity index (χ2n) is 6.69. The van der Waals surface area contributed by atoms with E-state index in [4.69, 9.17) is 23.2 Å². The molecule has 1 aliphatic rings. The van der Waals surface area contributed by atoms with Crippen LogP contribution in [-0.4, -0.2) is 28.5 Å². The predicted molar refractivity (Wildman–Crippen MR) is 112 cm³/mol. The van der Waals surface area contributed by atoms with Crippen molar-refractivity contribution in [3.8, 4) is 0 Å². The van der Waals surface area contributed by atoms with E-state index in [9.17, 15) is 9.59 Å². The Kier molecular flexibility index (Phi) is 4.65. The van der Waals surface area contributed by atoms with Crippen LogP contribution in [0.4, 0.5) is 4.79 Å². The summed E-state index contributed by atoms with van der Waals surface area (Å²) in [4.78, 5) is 25.1. The zero-order valence-corrected chi connectivity index (χ0v) is 16.8. The minimum atomic E-state index is -0.425. The molecule has 7 heteroatoms. The van der Waals surface area contributed by atoms with Gasteiger partial charge in [0.25, 0.3) is 5.91 Å². The smallest absolute Gasteiger partial charge is 0.328 e. The van der Waals surface area contributed by atoms with Crippen LogP contribution in [0.25, 0.3) is 17.0 Å². The topological polar surface area (TPSA) is 54.3 Å². The summed E-state index contributed by atoms with van der Waals surface area (Å²) in [6.07, 6.45) is 1.74. The third-order valence-electron chi connectivity index (χ3n) is 4.99. The Bertz CT molecular complexity index is 1160. The van der Waals surface area contributed by atoms with Crippen LogP contribution >= 0.6 is 23.2 Å². The van der Waals surface area contributed by atoms with Gasteiger partial charge in [-0.25, -0.2) is 4.79 Å². The molecule has 0 bridgehead atoms. The maximum absolute atomic E-state index is 12.3. The predicted octanol–water partition coefficient (Wildman–Crippen LogP) is 4.83. The molecule has 4 rings (SSSR count). The number of amides is 3. The number of para-hydroxylation sites is 1. The van der Waals surface area contributed by atoms with Crippen LogP contribution in [0.3, 0.4) is 0 Å². The van der Waals surface area contributed by atoms with E-state index >= 15 is 0 Å². The molecule has 5 nitrogen and oxygen atoms in total. The van der Waals surface area contributed by atoms with Crippen LogP contribution < -0.4 is 5.32 Å². The Morgan fingerprint density at radius 1 is 1.11 bits per heavy atom. The van der Waals surface area contributed by atoms with Gasteiger partial charge in [0.05, 0.1) is 0 Å². The fraction of sp³-hybridized carbons (Fsp3) is 0.143. The summed E-state index contributed by atoms with van der Waals surface area (Å²) in [5.74, 6) is -0.345. The molecule has 3 amide bonds. The highest BCUT2D eigenvalue weighted by atomic mass is 35.5. The lowest BCUT2D eigenvalue weighted by atomic mass is 10.1. The molecule has 2 heterocycles. The van der Waals surface area contributed by atoms with Crippen molar-refractivity contribution in [2.75, 3.05) is 7.05 Å². The fourth-order valence-electron chi connectivity index (χ4n) is 3.43. The van der Waals surface area contributed by atoms with Crippen LogP contribution in [0, 0.1) is 6.92 Å². The molecule has 1 aromatic heterocycles. The standard InChI is InChI=1S/C21H17Cl2N3O2/c1-12-16(10-18-20(27)25(2)21(28)24-18)15-5-3-4-6-19(15)26(12)11-13-7-8-14(22)9-17(13)23/h3-10H,11H2,1-2H3,(H,24,28)/b18-10+. The monoisotopic (exact) mass is 413 g/mol. The van der Waals surface area contributed by atoms with Crippen LogP contribution in [-0.2, 0) is 11.3 Å². The first-order valence-electron chi connectivity index (χ1n) is 8.69. The molecule has 1 saturated heterocycles. The maximum atomic E-state index is 12.3. The van der Waals surface area contributed by atoms with E-state index in [0.29, 0.717) is 16.6 Å². The number of carbonyl (C=O) groups is 2. The van der Waals surface area contributed by atoms with Gasteiger partial charge in [-0.2, -0.15) is 0 Å². The van der Waals surface area contributed by atoms with Gasteiger partial charge in [-0.1, -0.05) is 47.5 Å². The summed E-state index contributed by atoms with van der Waals surface area (Å²) in [7, 11) is 1.46. The Hall–Kier alpha value is -2.76. The molecule has 0 aliphatic carbocycles. The van der Waals surface area contributed by atoms with Crippen molar-refractivity contribution in [2.24, 2.45) is 0 Å². The lowest BCUT2D eigenvalue weighted by Crippen LogP contribution is -2.25. The first kappa shape index (κ1) is 18.6. The van der Waals surface area contributed by atoms with E-state index in [1.807, 2.05) is 43.3 Å². The van der Waals surface area contributed by atoms with E-state index < -0.39 is 6.03 Å². The van der Waals surface area contributed by atoms with Gasteiger partial charge in [-0.15, -0.1) is 0 Å². The van der Waals surface area contributed by atoms with Gasteiger partial charge in [-0.3, -0.25) is 9.69 Å². The molecule has 1 fully saturated rings. The van der Waals surface area contributed by atoms with Crippen molar-refractivity contribution in [3.05, 3.63) is 75.0 Å². The lowest BCUT2D eigenvalue weighted by Gasteiger charge is -2.10. The molecule has 1 N–H and O–H groups in total. The maximum Gasteiger partial charge on any atom is 0.328 e. The molecule has 1 aliphatic heterocycles. The van der Waals surface area contributed by atoms with E-state index in [2.05, 4.69) is 9.88 Å². The Balaban J connectivity index is 1.85. The molecule has 0 saturated carbocycles. The number of likely N-dealkylation sites (N-methyl/N-ethyl adjacent to an activating group) is 1. The number of imide groups is 1. The van der Waals surface area contributed by atoms with Gasteiger partial charge in [0, 0.05) is 45.8 Å². The fourth-order valence-corrected chi connectivity index (χ4v) is 3.90. The van der Waals surface area contributed by atoms with Crippen molar-refractivity contribution >= 4 is 52.1 Å². The molecule has 142 valence electrons. The highest BCUT2D eigenvalue weighted by Crippen LogP contribution is 2.31. The van der Waals surface area contributed by atoms with Gasteiger partial charge in [0.15, 0.2) is 0 Å².